The first-order chi connectivity index (χ1) is 9.61. The van der Waals surface area contributed by atoms with Crippen LogP contribution in [0.25, 0.3) is 0 Å². The molecule has 1 aliphatic rings. The summed E-state index contributed by atoms with van der Waals surface area (Å²) in [5.74, 6) is -0.0537. The van der Waals surface area contributed by atoms with Gasteiger partial charge in [0.1, 0.15) is 6.61 Å². The molecule has 1 N–H and O–H groups in total. The summed E-state index contributed by atoms with van der Waals surface area (Å²) in [4.78, 5) is 11.1. The zero-order valence-corrected chi connectivity index (χ0v) is 12.8. The number of hydrogen-bond donors (Lipinski definition) is 1. The van der Waals surface area contributed by atoms with Crippen molar-refractivity contribution in [2.45, 2.75) is 25.9 Å². The Balaban J connectivity index is 2.18. The largest absolute Gasteiger partial charge is 0.490 e. The predicted molar refractivity (Wildman–Crippen MR) is 76.7 cm³/mol. The normalized spacial score (nSPS) is 18.0. The van der Waals surface area contributed by atoms with Gasteiger partial charge in [0.05, 0.1) is 22.7 Å². The number of carboxylic acids is 1. The van der Waals surface area contributed by atoms with Crippen molar-refractivity contribution in [2.75, 3.05) is 19.8 Å². The van der Waals surface area contributed by atoms with Crippen LogP contribution in [0.15, 0.2) is 16.6 Å². The first-order valence-corrected chi connectivity index (χ1v) is 7.35. The van der Waals surface area contributed by atoms with Crippen molar-refractivity contribution in [1.82, 2.24) is 0 Å². The molecule has 110 valence electrons. The smallest absolute Gasteiger partial charge is 0.335 e. The van der Waals surface area contributed by atoms with Gasteiger partial charge in [-0.2, -0.15) is 0 Å². The SMILES string of the molecule is CCOc1cc(C(=O)O)cc(Br)c1OCC1CCCO1. The van der Waals surface area contributed by atoms with E-state index < -0.39 is 5.97 Å². The van der Waals surface area contributed by atoms with Gasteiger partial charge in [-0.15, -0.1) is 0 Å². The van der Waals surface area contributed by atoms with E-state index in [9.17, 15) is 4.79 Å². The van der Waals surface area contributed by atoms with Gasteiger partial charge < -0.3 is 19.3 Å². The summed E-state index contributed by atoms with van der Waals surface area (Å²) in [7, 11) is 0. The van der Waals surface area contributed by atoms with Crippen LogP contribution in [0.2, 0.25) is 0 Å². The van der Waals surface area contributed by atoms with Crippen molar-refractivity contribution < 1.29 is 24.1 Å². The first kappa shape index (κ1) is 15.1. The van der Waals surface area contributed by atoms with Crippen molar-refractivity contribution in [1.29, 1.82) is 0 Å². The number of hydrogen-bond acceptors (Lipinski definition) is 4. The van der Waals surface area contributed by atoms with Crippen LogP contribution in [0.4, 0.5) is 0 Å². The van der Waals surface area contributed by atoms with Gasteiger partial charge in [0.25, 0.3) is 0 Å². The third-order valence-electron chi connectivity index (χ3n) is 2.99. The fourth-order valence-electron chi connectivity index (χ4n) is 2.05. The highest BCUT2D eigenvalue weighted by Gasteiger charge is 2.20. The summed E-state index contributed by atoms with van der Waals surface area (Å²) < 4.78 is 17.3. The van der Waals surface area contributed by atoms with Gasteiger partial charge in [0.2, 0.25) is 0 Å². The lowest BCUT2D eigenvalue weighted by atomic mass is 10.2. The molecular weight excluding hydrogens is 328 g/mol. The summed E-state index contributed by atoms with van der Waals surface area (Å²) in [5, 5.41) is 9.06. The molecule has 1 saturated heterocycles. The van der Waals surface area contributed by atoms with E-state index in [2.05, 4.69) is 15.9 Å². The highest BCUT2D eigenvalue weighted by Crippen LogP contribution is 2.37. The van der Waals surface area contributed by atoms with E-state index >= 15 is 0 Å². The molecule has 6 heteroatoms. The van der Waals surface area contributed by atoms with E-state index in [-0.39, 0.29) is 11.7 Å². The van der Waals surface area contributed by atoms with Gasteiger partial charge in [-0.25, -0.2) is 4.79 Å². The number of carboxylic acid groups (broad SMARTS) is 1. The maximum Gasteiger partial charge on any atom is 0.335 e. The molecule has 0 bridgehead atoms. The predicted octanol–water partition coefficient (Wildman–Crippen LogP) is 3.10. The van der Waals surface area contributed by atoms with Crippen molar-refractivity contribution in [3.63, 3.8) is 0 Å². The van der Waals surface area contributed by atoms with Gasteiger partial charge in [0.15, 0.2) is 11.5 Å². The van der Waals surface area contributed by atoms with Crippen LogP contribution in [0.3, 0.4) is 0 Å². The molecule has 0 saturated carbocycles. The number of ether oxygens (including phenoxy) is 3. The molecular formula is C14H17BrO5. The van der Waals surface area contributed by atoms with Crippen LogP contribution in [-0.4, -0.2) is 37.0 Å². The number of aromatic carboxylic acids is 1. The Labute approximate surface area is 126 Å². The van der Waals surface area contributed by atoms with Crippen LogP contribution < -0.4 is 9.47 Å². The summed E-state index contributed by atoms with van der Waals surface area (Å²) in [6, 6.07) is 2.98. The molecule has 5 nitrogen and oxygen atoms in total. The number of rotatable bonds is 6. The quantitative estimate of drug-likeness (QED) is 0.858. The minimum absolute atomic E-state index is 0.0931. The molecule has 0 aliphatic carbocycles. The minimum atomic E-state index is -1.00. The molecule has 0 radical (unpaired) electrons. The average molecular weight is 345 g/mol. The molecule has 2 rings (SSSR count). The van der Waals surface area contributed by atoms with E-state index in [1.165, 1.54) is 12.1 Å². The second-order valence-corrected chi connectivity index (χ2v) is 5.32. The van der Waals surface area contributed by atoms with Gasteiger partial charge in [0, 0.05) is 6.61 Å². The van der Waals surface area contributed by atoms with E-state index in [0.29, 0.717) is 29.2 Å². The lowest BCUT2D eigenvalue weighted by molar-refractivity contribution is 0.0660. The first-order valence-electron chi connectivity index (χ1n) is 6.55. The molecule has 1 unspecified atom stereocenters. The Morgan fingerprint density at radius 2 is 2.30 bits per heavy atom. The van der Waals surface area contributed by atoms with Crippen LogP contribution in [0.1, 0.15) is 30.1 Å². The Morgan fingerprint density at radius 1 is 1.50 bits per heavy atom. The highest BCUT2D eigenvalue weighted by atomic mass is 79.9. The molecule has 1 aromatic carbocycles. The molecule has 20 heavy (non-hydrogen) atoms. The lowest BCUT2D eigenvalue weighted by Crippen LogP contribution is -2.17. The Hall–Kier alpha value is -1.27. The van der Waals surface area contributed by atoms with Crippen LogP contribution in [0.5, 0.6) is 11.5 Å². The monoisotopic (exact) mass is 344 g/mol. The molecule has 1 atom stereocenters. The molecule has 0 spiro atoms. The average Bonchev–Trinajstić information content (AvgIpc) is 2.91. The second-order valence-electron chi connectivity index (χ2n) is 4.47. The minimum Gasteiger partial charge on any atom is -0.490 e. The molecule has 0 amide bonds. The molecule has 1 aromatic rings. The Kier molecular flexibility index (Phi) is 5.25. The number of benzene rings is 1. The van der Waals surface area contributed by atoms with E-state index in [4.69, 9.17) is 19.3 Å². The molecule has 1 aliphatic heterocycles. The Bertz CT molecular complexity index is 483. The molecule has 1 heterocycles. The molecule has 1 fully saturated rings. The number of carbonyl (C=O) groups is 1. The van der Waals surface area contributed by atoms with Crippen molar-refractivity contribution in [3.05, 3.63) is 22.2 Å². The van der Waals surface area contributed by atoms with Crippen LogP contribution in [-0.2, 0) is 4.74 Å². The van der Waals surface area contributed by atoms with Crippen molar-refractivity contribution >= 4 is 21.9 Å². The standard InChI is InChI=1S/C14H17BrO5/c1-2-18-12-7-9(14(16)17)6-11(15)13(12)20-8-10-4-3-5-19-10/h6-7,10H,2-5,8H2,1H3,(H,16,17). The zero-order chi connectivity index (χ0) is 14.5. The number of halogens is 1. The Morgan fingerprint density at radius 3 is 2.90 bits per heavy atom. The van der Waals surface area contributed by atoms with E-state index in [1.54, 1.807) is 0 Å². The summed E-state index contributed by atoms with van der Waals surface area (Å²) in [5.41, 5.74) is 0.157. The topological polar surface area (TPSA) is 65.0 Å². The van der Waals surface area contributed by atoms with Crippen molar-refractivity contribution in [2.24, 2.45) is 0 Å². The van der Waals surface area contributed by atoms with Crippen molar-refractivity contribution in [3.8, 4) is 11.5 Å². The maximum atomic E-state index is 11.1. The fourth-order valence-corrected chi connectivity index (χ4v) is 2.60. The summed E-state index contributed by atoms with van der Waals surface area (Å²) in [6.07, 6.45) is 2.12. The summed E-state index contributed by atoms with van der Waals surface area (Å²) >= 11 is 3.34. The van der Waals surface area contributed by atoms with Gasteiger partial charge in [-0.1, -0.05) is 0 Å². The van der Waals surface area contributed by atoms with Crippen LogP contribution >= 0.6 is 15.9 Å². The lowest BCUT2D eigenvalue weighted by Gasteiger charge is -2.16. The van der Waals surface area contributed by atoms with Gasteiger partial charge >= 0.3 is 5.97 Å². The maximum absolute atomic E-state index is 11.1. The highest BCUT2D eigenvalue weighted by molar-refractivity contribution is 9.10. The van der Waals surface area contributed by atoms with Gasteiger partial charge in [-0.3, -0.25) is 0 Å². The third-order valence-corrected chi connectivity index (χ3v) is 3.58. The zero-order valence-electron chi connectivity index (χ0n) is 11.2. The fraction of sp³-hybridized carbons (Fsp3) is 0.500. The summed E-state index contributed by atoms with van der Waals surface area (Å²) in [6.45, 7) is 3.48. The molecule has 0 aromatic heterocycles. The second kappa shape index (κ2) is 6.95. The van der Waals surface area contributed by atoms with Crippen LogP contribution in [0, 0.1) is 0 Å². The van der Waals surface area contributed by atoms with Gasteiger partial charge in [-0.05, 0) is 47.8 Å². The third kappa shape index (κ3) is 3.64. The van der Waals surface area contributed by atoms with E-state index in [1.807, 2.05) is 6.92 Å². The van der Waals surface area contributed by atoms with E-state index in [0.717, 1.165) is 19.4 Å².